The summed E-state index contributed by atoms with van der Waals surface area (Å²) in [4.78, 5) is 41.8. The molecule has 1 saturated carbocycles. The van der Waals surface area contributed by atoms with Crippen molar-refractivity contribution in [2.75, 3.05) is 13.6 Å². The van der Waals surface area contributed by atoms with E-state index in [-0.39, 0.29) is 41.2 Å². The van der Waals surface area contributed by atoms with Gasteiger partial charge >= 0.3 is 0 Å². The Balaban J connectivity index is 1.68. The molecule has 0 bridgehead atoms. The third-order valence-electron chi connectivity index (χ3n) is 7.61. The highest BCUT2D eigenvalue weighted by Crippen LogP contribution is 2.47. The summed E-state index contributed by atoms with van der Waals surface area (Å²) in [6.07, 6.45) is 9.65. The Kier molecular flexibility index (Phi) is 7.59. The van der Waals surface area contributed by atoms with Gasteiger partial charge in [-0.25, -0.2) is 9.98 Å². The van der Waals surface area contributed by atoms with Crippen molar-refractivity contribution in [2.45, 2.75) is 76.9 Å². The third-order valence-corrected chi connectivity index (χ3v) is 7.61. The lowest BCUT2D eigenvalue weighted by molar-refractivity contribution is -0.129. The molecule has 35 heavy (non-hydrogen) atoms. The highest BCUT2D eigenvalue weighted by Gasteiger charge is 2.46. The fourth-order valence-electron chi connectivity index (χ4n) is 5.72. The fraction of sp³-hybridized carbons (Fsp3) is 0.600. The van der Waals surface area contributed by atoms with E-state index in [1.165, 1.54) is 12.4 Å². The number of carbonyl (C=O) groups excluding carboxylic acids is 2. The summed E-state index contributed by atoms with van der Waals surface area (Å²) in [6, 6.07) is 1.85. The first-order valence-electron chi connectivity index (χ1n) is 12.4. The van der Waals surface area contributed by atoms with Crippen LogP contribution in [0.25, 0.3) is 0 Å². The number of aromatic nitrogens is 2. The number of hydrazone groups is 1. The van der Waals surface area contributed by atoms with Crippen LogP contribution >= 0.6 is 0 Å². The Morgan fingerprint density at radius 3 is 2.74 bits per heavy atom. The Bertz CT molecular complexity index is 1070. The van der Waals surface area contributed by atoms with Crippen LogP contribution in [0.3, 0.4) is 0 Å². The molecular formula is C25H35N7O3. The van der Waals surface area contributed by atoms with Crippen molar-refractivity contribution in [1.29, 1.82) is 0 Å². The number of ether oxygens (including phenoxy) is 1. The molecule has 1 aromatic rings. The molecular weight excluding hydrogens is 446 g/mol. The second-order valence-corrected chi connectivity index (χ2v) is 9.76. The van der Waals surface area contributed by atoms with E-state index < -0.39 is 5.41 Å². The molecule has 0 unspecified atom stereocenters. The van der Waals surface area contributed by atoms with E-state index in [2.05, 4.69) is 32.0 Å². The smallest absolute Gasteiger partial charge is 0.228 e. The molecule has 3 atom stereocenters. The number of hydrogen-bond acceptors (Lipinski definition) is 10. The van der Waals surface area contributed by atoms with Gasteiger partial charge in [0.15, 0.2) is 5.82 Å². The molecule has 2 heterocycles. The summed E-state index contributed by atoms with van der Waals surface area (Å²) >= 11 is 0. The van der Waals surface area contributed by atoms with Gasteiger partial charge in [-0.15, -0.1) is 0 Å². The van der Waals surface area contributed by atoms with E-state index in [1.54, 1.807) is 6.07 Å². The maximum absolute atomic E-state index is 13.6. The molecule has 2 aliphatic carbocycles. The predicted molar refractivity (Wildman–Crippen MR) is 134 cm³/mol. The van der Waals surface area contributed by atoms with E-state index in [1.807, 2.05) is 6.92 Å². The van der Waals surface area contributed by atoms with E-state index in [4.69, 9.17) is 16.3 Å². The van der Waals surface area contributed by atoms with Crippen molar-refractivity contribution < 1.29 is 14.3 Å². The van der Waals surface area contributed by atoms with Gasteiger partial charge in [0.1, 0.15) is 11.9 Å². The number of carbonyl (C=O) groups is 2. The van der Waals surface area contributed by atoms with Crippen molar-refractivity contribution >= 4 is 29.8 Å². The van der Waals surface area contributed by atoms with Gasteiger partial charge in [0.25, 0.3) is 0 Å². The molecule has 1 aromatic heterocycles. The molecule has 188 valence electrons. The number of allylic oxidation sites excluding steroid dienone is 2. The van der Waals surface area contributed by atoms with Gasteiger partial charge in [0.05, 0.1) is 11.6 Å². The largest absolute Gasteiger partial charge is 0.473 e. The highest BCUT2D eigenvalue weighted by atomic mass is 16.5. The van der Waals surface area contributed by atoms with Crippen molar-refractivity contribution in [3.8, 4) is 5.88 Å². The van der Waals surface area contributed by atoms with Crippen LogP contribution in [0.1, 0.15) is 75.3 Å². The molecule has 4 rings (SSSR count). The van der Waals surface area contributed by atoms with E-state index in [0.717, 1.165) is 38.6 Å². The van der Waals surface area contributed by atoms with Crippen LogP contribution in [-0.2, 0) is 4.79 Å². The topological polar surface area (TPSA) is 149 Å². The van der Waals surface area contributed by atoms with Gasteiger partial charge in [-0.2, -0.15) is 10.1 Å². The van der Waals surface area contributed by atoms with Gasteiger partial charge < -0.3 is 16.3 Å². The molecule has 10 heteroatoms. The van der Waals surface area contributed by atoms with Gasteiger partial charge in [-0.05, 0) is 65.5 Å². The minimum atomic E-state index is -0.726. The third kappa shape index (κ3) is 5.12. The van der Waals surface area contributed by atoms with Crippen LogP contribution in [0.4, 0.5) is 5.82 Å². The first-order chi connectivity index (χ1) is 16.9. The van der Waals surface area contributed by atoms with Crippen LogP contribution in [0.2, 0.25) is 0 Å². The van der Waals surface area contributed by atoms with Crippen molar-refractivity contribution in [3.63, 3.8) is 0 Å². The van der Waals surface area contributed by atoms with Gasteiger partial charge in [0.2, 0.25) is 17.5 Å². The second-order valence-electron chi connectivity index (χ2n) is 9.76. The summed E-state index contributed by atoms with van der Waals surface area (Å²) in [6.45, 7) is 3.02. The number of aliphatic imine (C=N–C) groups is 1. The summed E-state index contributed by atoms with van der Waals surface area (Å²) in [5, 5.41) is 3.40. The average Bonchev–Trinajstić information content (AvgIpc) is 3.28. The normalized spacial score (nSPS) is 26.8. The van der Waals surface area contributed by atoms with Gasteiger partial charge in [-0.1, -0.05) is 6.42 Å². The SMILES string of the molecule is C[C@H](Oc1cc(N=CC=NN)nc(C(=O)C2=C(N)[C@]3(CCCCC3=O)CCC2)n1)[C@@H]1CCCN1C. The van der Waals surface area contributed by atoms with Crippen LogP contribution in [0.15, 0.2) is 27.4 Å². The molecule has 1 aliphatic heterocycles. The first-order valence-corrected chi connectivity index (χ1v) is 12.4. The number of nitrogens with two attached hydrogens (primary N) is 2. The standard InChI is InChI=1S/C25H35N7O3/c1-16(18-8-6-14-32(18)2)35-21-15-20(28-12-13-29-27)30-24(31-21)22(34)17-7-5-11-25(23(17)26)10-4-3-9-19(25)33/h12-13,15-16,18H,3-11,14,26-27H2,1-2H3/t16-,18-,25+/m0/s1. The zero-order chi connectivity index (χ0) is 25.0. The lowest BCUT2D eigenvalue weighted by Crippen LogP contribution is -2.42. The first kappa shape index (κ1) is 25.0. The molecule has 0 radical (unpaired) electrons. The molecule has 10 nitrogen and oxygen atoms in total. The Labute approximate surface area is 205 Å². The lowest BCUT2D eigenvalue weighted by Gasteiger charge is -2.40. The molecule has 1 saturated heterocycles. The summed E-state index contributed by atoms with van der Waals surface area (Å²) < 4.78 is 6.17. The van der Waals surface area contributed by atoms with Crippen LogP contribution < -0.4 is 16.3 Å². The van der Waals surface area contributed by atoms with Crippen LogP contribution in [0, 0.1) is 5.41 Å². The minimum Gasteiger partial charge on any atom is -0.473 e. The minimum absolute atomic E-state index is 0.0374. The number of Topliss-reactive ketones (excluding diaryl/α,β-unsaturated/α-hetero) is 2. The van der Waals surface area contributed by atoms with Crippen LogP contribution in [-0.4, -0.2) is 64.6 Å². The summed E-state index contributed by atoms with van der Waals surface area (Å²) in [5.41, 5.74) is 6.66. The maximum atomic E-state index is 13.6. The van der Waals surface area contributed by atoms with E-state index >= 15 is 0 Å². The highest BCUT2D eigenvalue weighted by molar-refractivity contribution is 6.16. The fourth-order valence-corrected chi connectivity index (χ4v) is 5.72. The zero-order valence-electron chi connectivity index (χ0n) is 20.6. The summed E-state index contributed by atoms with van der Waals surface area (Å²) in [7, 11) is 2.08. The number of rotatable bonds is 7. The molecule has 0 aromatic carbocycles. The summed E-state index contributed by atoms with van der Waals surface area (Å²) in [5.74, 6) is 5.41. The molecule has 1 spiro atoms. The average molecular weight is 482 g/mol. The number of likely N-dealkylation sites (N-methyl/N-ethyl adjacent to an activating group) is 1. The Hall–Kier alpha value is -3.14. The maximum Gasteiger partial charge on any atom is 0.228 e. The molecule has 0 amide bonds. The van der Waals surface area contributed by atoms with Gasteiger partial charge in [0, 0.05) is 36.0 Å². The number of hydrogen-bond donors (Lipinski definition) is 2. The number of nitrogens with zero attached hydrogens (tertiary/aromatic N) is 5. The molecule has 3 aliphatic rings. The predicted octanol–water partition coefficient (Wildman–Crippen LogP) is 2.69. The van der Waals surface area contributed by atoms with Crippen molar-refractivity contribution in [2.24, 2.45) is 27.1 Å². The Morgan fingerprint density at radius 1 is 1.23 bits per heavy atom. The Morgan fingerprint density at radius 2 is 2.03 bits per heavy atom. The van der Waals surface area contributed by atoms with Crippen molar-refractivity contribution in [1.82, 2.24) is 14.9 Å². The van der Waals surface area contributed by atoms with E-state index in [0.29, 0.717) is 37.0 Å². The second kappa shape index (κ2) is 10.6. The monoisotopic (exact) mass is 481 g/mol. The van der Waals surface area contributed by atoms with E-state index in [9.17, 15) is 9.59 Å². The molecule has 4 N–H and O–H groups in total. The number of likely N-dealkylation sites (tertiary alicyclic amines) is 1. The quantitative estimate of drug-likeness (QED) is 0.261. The van der Waals surface area contributed by atoms with Crippen LogP contribution in [0.5, 0.6) is 5.88 Å². The zero-order valence-corrected chi connectivity index (χ0v) is 20.6. The van der Waals surface area contributed by atoms with Gasteiger partial charge in [-0.3, -0.25) is 14.5 Å². The molecule has 2 fully saturated rings. The number of ketones is 2. The van der Waals surface area contributed by atoms with Crippen molar-refractivity contribution in [3.05, 3.63) is 23.2 Å². The lowest BCUT2D eigenvalue weighted by atomic mass is 9.64.